The molecule has 30 heavy (non-hydrogen) atoms. The summed E-state index contributed by atoms with van der Waals surface area (Å²) in [5.74, 6) is 0.461. The van der Waals surface area contributed by atoms with Gasteiger partial charge in [0.2, 0.25) is 5.65 Å². The minimum Gasteiger partial charge on any atom is -0.362 e. The zero-order valence-electron chi connectivity index (χ0n) is 17.1. The highest BCUT2D eigenvalue weighted by molar-refractivity contribution is 6.04. The third-order valence-corrected chi connectivity index (χ3v) is 4.75. The molecule has 1 amide bonds. The summed E-state index contributed by atoms with van der Waals surface area (Å²) in [6.07, 6.45) is 6.87. The Morgan fingerprint density at radius 1 is 1.20 bits per heavy atom. The van der Waals surface area contributed by atoms with Crippen molar-refractivity contribution in [3.63, 3.8) is 0 Å². The first-order chi connectivity index (χ1) is 14.5. The molecule has 0 unspecified atom stereocenters. The van der Waals surface area contributed by atoms with Gasteiger partial charge in [0.1, 0.15) is 11.3 Å². The van der Waals surface area contributed by atoms with Crippen LogP contribution in [0.4, 0.5) is 11.5 Å². The van der Waals surface area contributed by atoms with Crippen molar-refractivity contribution in [1.29, 1.82) is 0 Å². The number of carbonyl (C=O) groups is 1. The molecule has 3 heterocycles. The number of nitrogens with zero attached hydrogens (tertiary/aromatic N) is 5. The summed E-state index contributed by atoms with van der Waals surface area (Å²) in [5.41, 5.74) is 4.58. The summed E-state index contributed by atoms with van der Waals surface area (Å²) < 4.78 is 1.81. The Kier molecular flexibility index (Phi) is 5.38. The number of carbonyl (C=O) groups excluding carboxylic acids is 1. The predicted molar refractivity (Wildman–Crippen MR) is 116 cm³/mol. The number of nitrogens with one attached hydrogen (secondary N) is 2. The number of hydrogen-bond donors (Lipinski definition) is 2. The Balaban J connectivity index is 1.48. The van der Waals surface area contributed by atoms with Crippen molar-refractivity contribution in [1.82, 2.24) is 24.7 Å². The maximum atomic E-state index is 12.5. The third-order valence-electron chi connectivity index (χ3n) is 4.75. The number of fused-ring (bicyclic) bond motifs is 1. The van der Waals surface area contributed by atoms with Crippen LogP contribution in [0.25, 0.3) is 11.2 Å². The highest BCUT2D eigenvalue weighted by Crippen LogP contribution is 2.22. The summed E-state index contributed by atoms with van der Waals surface area (Å²) >= 11 is 0. The van der Waals surface area contributed by atoms with Crippen LogP contribution >= 0.6 is 0 Å². The molecule has 0 aliphatic carbocycles. The van der Waals surface area contributed by atoms with Gasteiger partial charge in [-0.15, -0.1) is 0 Å². The Morgan fingerprint density at radius 3 is 2.87 bits per heavy atom. The molecule has 0 aliphatic rings. The summed E-state index contributed by atoms with van der Waals surface area (Å²) in [6.45, 7) is 6.73. The fourth-order valence-electron chi connectivity index (χ4n) is 3.15. The molecule has 1 atom stereocenters. The lowest BCUT2D eigenvalue weighted by atomic mass is 10.1. The topological polar surface area (TPSA) is 97.6 Å². The molecule has 1 aromatic carbocycles. The average Bonchev–Trinajstić information content (AvgIpc) is 3.16. The fraction of sp³-hybridized carbons (Fsp3) is 0.227. The van der Waals surface area contributed by atoms with E-state index < -0.39 is 0 Å². The molecule has 4 aromatic rings. The lowest BCUT2D eigenvalue weighted by Gasteiger charge is -2.16. The van der Waals surface area contributed by atoms with Gasteiger partial charge in [0.15, 0.2) is 0 Å². The number of hydrogen-bond acceptors (Lipinski definition) is 6. The van der Waals surface area contributed by atoms with Crippen molar-refractivity contribution in [2.75, 3.05) is 10.6 Å². The van der Waals surface area contributed by atoms with Crippen molar-refractivity contribution in [3.8, 4) is 0 Å². The number of benzene rings is 1. The number of rotatable bonds is 6. The van der Waals surface area contributed by atoms with Crippen LogP contribution in [-0.2, 0) is 6.54 Å². The molecular weight excluding hydrogens is 378 g/mol. The molecule has 0 saturated heterocycles. The van der Waals surface area contributed by atoms with E-state index in [4.69, 9.17) is 0 Å². The maximum Gasteiger partial charge on any atom is 0.257 e. The first-order valence-corrected chi connectivity index (χ1v) is 9.81. The van der Waals surface area contributed by atoms with Gasteiger partial charge >= 0.3 is 0 Å². The standard InChI is InChI=1S/C22H23N7O/c1-4-29-13-19-21(28-29)27-20(12-24-19)25-15(3)16-6-5-7-18(9-16)26-22(30)17-8-14(2)10-23-11-17/h5-13,15H,4H2,1-3H3,(H,26,30)(H,25,27,28)/t15-/m0/s1. The van der Waals surface area contributed by atoms with Crippen LogP contribution in [0.15, 0.2) is 55.1 Å². The van der Waals surface area contributed by atoms with Gasteiger partial charge in [0, 0.05) is 24.6 Å². The van der Waals surface area contributed by atoms with Gasteiger partial charge in [0.25, 0.3) is 5.91 Å². The zero-order chi connectivity index (χ0) is 21.1. The van der Waals surface area contributed by atoms with E-state index in [1.807, 2.05) is 62.0 Å². The molecule has 0 fully saturated rings. The van der Waals surface area contributed by atoms with Crippen molar-refractivity contribution in [3.05, 3.63) is 71.8 Å². The summed E-state index contributed by atoms with van der Waals surface area (Å²) in [6, 6.07) is 9.49. The Morgan fingerprint density at radius 2 is 2.07 bits per heavy atom. The van der Waals surface area contributed by atoms with Crippen molar-refractivity contribution >= 4 is 28.6 Å². The Labute approximate surface area is 174 Å². The Hall–Kier alpha value is -3.81. The fourth-order valence-corrected chi connectivity index (χ4v) is 3.15. The highest BCUT2D eigenvalue weighted by Gasteiger charge is 2.11. The minimum absolute atomic E-state index is 0.0394. The predicted octanol–water partition coefficient (Wildman–Crippen LogP) is 3.98. The van der Waals surface area contributed by atoms with Crippen molar-refractivity contribution < 1.29 is 4.79 Å². The second-order valence-electron chi connectivity index (χ2n) is 7.15. The number of aryl methyl sites for hydroxylation is 2. The SMILES string of the molecule is CCn1cc2ncc(N[C@@H](C)c3cccc(NC(=O)c4cncc(C)c4)c3)nc2n1. The molecule has 4 rings (SSSR count). The van der Waals surface area contributed by atoms with Gasteiger partial charge in [-0.25, -0.2) is 9.97 Å². The average molecular weight is 401 g/mol. The van der Waals surface area contributed by atoms with Crippen molar-refractivity contribution in [2.24, 2.45) is 0 Å². The largest absolute Gasteiger partial charge is 0.362 e. The smallest absolute Gasteiger partial charge is 0.257 e. The van der Waals surface area contributed by atoms with Gasteiger partial charge in [0.05, 0.1) is 24.0 Å². The van der Waals surface area contributed by atoms with Gasteiger partial charge in [-0.3, -0.25) is 14.5 Å². The molecule has 0 radical (unpaired) electrons. The number of aromatic nitrogens is 5. The van der Waals surface area contributed by atoms with Crippen LogP contribution in [0.3, 0.4) is 0 Å². The lowest BCUT2D eigenvalue weighted by Crippen LogP contribution is -2.13. The van der Waals surface area contributed by atoms with Gasteiger partial charge in [-0.1, -0.05) is 12.1 Å². The second kappa shape index (κ2) is 8.28. The summed E-state index contributed by atoms with van der Waals surface area (Å²) in [5, 5.41) is 10.7. The van der Waals surface area contributed by atoms with E-state index in [0.717, 1.165) is 28.9 Å². The van der Waals surface area contributed by atoms with Gasteiger partial charge in [-0.05, 0) is 50.1 Å². The maximum absolute atomic E-state index is 12.5. The zero-order valence-corrected chi connectivity index (χ0v) is 17.1. The number of anilines is 2. The Bertz CT molecular complexity index is 1200. The van der Waals surface area contributed by atoms with E-state index in [-0.39, 0.29) is 11.9 Å². The van der Waals surface area contributed by atoms with E-state index in [2.05, 4.69) is 30.7 Å². The molecule has 8 heteroatoms. The minimum atomic E-state index is -0.188. The highest BCUT2D eigenvalue weighted by atomic mass is 16.1. The van der Waals surface area contributed by atoms with Gasteiger partial charge < -0.3 is 10.6 Å². The molecule has 8 nitrogen and oxygen atoms in total. The number of amides is 1. The number of pyridine rings is 1. The summed E-state index contributed by atoms with van der Waals surface area (Å²) in [4.78, 5) is 25.5. The molecule has 3 aromatic heterocycles. The first-order valence-electron chi connectivity index (χ1n) is 9.81. The van der Waals surface area contributed by atoms with Crippen LogP contribution in [0.5, 0.6) is 0 Å². The molecule has 0 saturated carbocycles. The second-order valence-corrected chi connectivity index (χ2v) is 7.15. The molecule has 0 spiro atoms. The summed E-state index contributed by atoms with van der Waals surface area (Å²) in [7, 11) is 0. The molecule has 152 valence electrons. The lowest BCUT2D eigenvalue weighted by molar-refractivity contribution is 0.102. The monoisotopic (exact) mass is 401 g/mol. The molecular formula is C22H23N7O. The molecule has 0 aliphatic heterocycles. The van der Waals surface area contributed by atoms with Crippen LogP contribution in [0.2, 0.25) is 0 Å². The quantitative estimate of drug-likeness (QED) is 0.507. The van der Waals surface area contributed by atoms with Crippen LogP contribution in [0, 0.1) is 6.92 Å². The van der Waals surface area contributed by atoms with E-state index in [1.54, 1.807) is 18.6 Å². The van der Waals surface area contributed by atoms with Gasteiger partial charge in [-0.2, -0.15) is 5.10 Å². The van der Waals surface area contributed by atoms with E-state index >= 15 is 0 Å². The van der Waals surface area contributed by atoms with Crippen LogP contribution < -0.4 is 10.6 Å². The van der Waals surface area contributed by atoms with E-state index in [9.17, 15) is 4.79 Å². The first kappa shape index (κ1) is 19.5. The van der Waals surface area contributed by atoms with E-state index in [1.165, 1.54) is 0 Å². The van der Waals surface area contributed by atoms with Crippen LogP contribution in [-0.4, -0.2) is 30.6 Å². The van der Waals surface area contributed by atoms with Crippen molar-refractivity contribution in [2.45, 2.75) is 33.4 Å². The van der Waals surface area contributed by atoms with Crippen LogP contribution in [0.1, 0.15) is 41.4 Å². The normalized spacial score (nSPS) is 12.0. The third kappa shape index (κ3) is 4.27. The van der Waals surface area contributed by atoms with E-state index in [0.29, 0.717) is 17.0 Å². The molecule has 2 N–H and O–H groups in total. The molecule has 0 bridgehead atoms.